The van der Waals surface area contributed by atoms with E-state index >= 15 is 0 Å². The number of rotatable bonds is 3. The number of ketones is 1. The monoisotopic (exact) mass is 368 g/mol. The van der Waals surface area contributed by atoms with Gasteiger partial charge in [0.1, 0.15) is 0 Å². The standard InChI is InChI=1S/C22H24O5/c1-21(20(25)26-3)11-15-14-9-10-22(2,16(15)12-21)18(17(14)23)27-19(24)13-7-5-4-6-8-13/h4-10,14-16,18H,11-12H2,1-3H3/t14-,15+,16+,18-,21-,22+/m0/s1. The Morgan fingerprint density at radius 1 is 1.11 bits per heavy atom. The molecular formula is C22H24O5. The SMILES string of the molecule is COC(=O)[C@@]1(C)C[C@@H]2[C@@H]3C=C[C@](C)([C@@H]2C1)[C@@H](OC(=O)c1ccccc1)C3=O. The van der Waals surface area contributed by atoms with Crippen molar-refractivity contribution in [1.82, 2.24) is 0 Å². The average molecular weight is 368 g/mol. The number of esters is 2. The molecule has 0 unspecified atom stereocenters. The number of ether oxygens (including phenoxy) is 2. The molecule has 0 heterocycles. The van der Waals surface area contributed by atoms with Crippen molar-refractivity contribution in [1.29, 1.82) is 0 Å². The van der Waals surface area contributed by atoms with Crippen LogP contribution in [0.1, 0.15) is 37.0 Å². The van der Waals surface area contributed by atoms with Gasteiger partial charge in [-0.2, -0.15) is 0 Å². The van der Waals surface area contributed by atoms with Crippen molar-refractivity contribution in [2.24, 2.45) is 28.6 Å². The summed E-state index contributed by atoms with van der Waals surface area (Å²) in [6, 6.07) is 8.71. The molecule has 2 fully saturated rings. The van der Waals surface area contributed by atoms with E-state index in [4.69, 9.17) is 9.47 Å². The minimum Gasteiger partial charge on any atom is -0.469 e. The van der Waals surface area contributed by atoms with Crippen molar-refractivity contribution in [2.75, 3.05) is 7.11 Å². The van der Waals surface area contributed by atoms with Gasteiger partial charge in [-0.15, -0.1) is 0 Å². The molecule has 6 atom stereocenters. The van der Waals surface area contributed by atoms with Crippen LogP contribution in [-0.2, 0) is 19.1 Å². The molecule has 5 heteroatoms. The van der Waals surface area contributed by atoms with Gasteiger partial charge in [0.05, 0.1) is 18.1 Å². The Balaban J connectivity index is 1.64. The minimum absolute atomic E-state index is 0.0559. The zero-order valence-corrected chi connectivity index (χ0v) is 15.8. The molecule has 2 bridgehead atoms. The molecule has 142 valence electrons. The molecule has 5 rings (SSSR count). The van der Waals surface area contributed by atoms with Crippen LogP contribution in [0.3, 0.4) is 0 Å². The number of allylic oxidation sites excluding steroid dienone is 1. The molecule has 0 saturated heterocycles. The molecule has 27 heavy (non-hydrogen) atoms. The van der Waals surface area contributed by atoms with Gasteiger partial charge in [0, 0.05) is 11.3 Å². The Hall–Kier alpha value is -2.43. The Morgan fingerprint density at radius 2 is 1.81 bits per heavy atom. The van der Waals surface area contributed by atoms with Crippen LogP contribution in [0.2, 0.25) is 0 Å². The fraction of sp³-hybridized carbons (Fsp3) is 0.500. The van der Waals surface area contributed by atoms with Crippen LogP contribution in [0.4, 0.5) is 0 Å². The summed E-state index contributed by atoms with van der Waals surface area (Å²) >= 11 is 0. The van der Waals surface area contributed by atoms with Gasteiger partial charge >= 0.3 is 11.9 Å². The summed E-state index contributed by atoms with van der Waals surface area (Å²) in [5.74, 6) is -0.894. The highest BCUT2D eigenvalue weighted by Gasteiger charge is 2.65. The molecule has 4 aliphatic rings. The molecule has 4 aliphatic carbocycles. The summed E-state index contributed by atoms with van der Waals surface area (Å²) < 4.78 is 10.7. The van der Waals surface area contributed by atoms with E-state index in [0.29, 0.717) is 18.4 Å². The predicted molar refractivity (Wildman–Crippen MR) is 97.7 cm³/mol. The van der Waals surface area contributed by atoms with E-state index in [-0.39, 0.29) is 29.5 Å². The first kappa shape index (κ1) is 18.0. The van der Waals surface area contributed by atoms with E-state index in [1.165, 1.54) is 7.11 Å². The van der Waals surface area contributed by atoms with Gasteiger partial charge in [0.2, 0.25) is 0 Å². The fourth-order valence-electron chi connectivity index (χ4n) is 5.43. The van der Waals surface area contributed by atoms with E-state index in [1.54, 1.807) is 24.3 Å². The molecule has 1 aromatic rings. The molecule has 0 amide bonds. The number of carbonyl (C=O) groups is 3. The third-order valence-electron chi connectivity index (χ3n) is 6.86. The zero-order chi connectivity index (χ0) is 19.4. The van der Waals surface area contributed by atoms with Crippen LogP contribution in [0.25, 0.3) is 0 Å². The number of fused-ring (bicyclic) bond motifs is 1. The Kier molecular flexibility index (Phi) is 4.02. The third kappa shape index (κ3) is 2.55. The molecular weight excluding hydrogens is 344 g/mol. The van der Waals surface area contributed by atoms with Crippen molar-refractivity contribution in [2.45, 2.75) is 32.8 Å². The maximum absolute atomic E-state index is 13.1. The normalized spacial score (nSPS) is 39.1. The van der Waals surface area contributed by atoms with E-state index in [1.807, 2.05) is 32.1 Å². The highest BCUT2D eigenvalue weighted by atomic mass is 16.5. The van der Waals surface area contributed by atoms with E-state index < -0.39 is 22.9 Å². The third-order valence-corrected chi connectivity index (χ3v) is 6.86. The Labute approximate surface area is 158 Å². The largest absolute Gasteiger partial charge is 0.469 e. The number of hydrogen-bond donors (Lipinski definition) is 0. The topological polar surface area (TPSA) is 69.7 Å². The lowest BCUT2D eigenvalue weighted by Crippen LogP contribution is -2.58. The first-order valence-corrected chi connectivity index (χ1v) is 9.38. The van der Waals surface area contributed by atoms with Crippen LogP contribution < -0.4 is 0 Å². The van der Waals surface area contributed by atoms with E-state index in [0.717, 1.165) is 0 Å². The number of hydrogen-bond acceptors (Lipinski definition) is 5. The van der Waals surface area contributed by atoms with E-state index in [9.17, 15) is 14.4 Å². The highest BCUT2D eigenvalue weighted by Crippen LogP contribution is 2.63. The second kappa shape index (κ2) is 6.04. The summed E-state index contributed by atoms with van der Waals surface area (Å²) in [5.41, 5.74) is -0.775. The average Bonchev–Trinajstić information content (AvgIpc) is 3.05. The molecule has 1 aromatic carbocycles. The summed E-state index contributed by atoms with van der Waals surface area (Å²) in [6.07, 6.45) is 4.40. The summed E-state index contributed by atoms with van der Waals surface area (Å²) in [4.78, 5) is 38.0. The number of Topliss-reactive ketones (excluding diaryl/α,β-unsaturated/α-hetero) is 1. The molecule has 0 spiro atoms. The first-order valence-electron chi connectivity index (χ1n) is 9.38. The second-order valence-electron chi connectivity index (χ2n) is 8.54. The highest BCUT2D eigenvalue weighted by molar-refractivity contribution is 5.96. The van der Waals surface area contributed by atoms with Gasteiger partial charge in [-0.1, -0.05) is 37.3 Å². The van der Waals surface area contributed by atoms with Gasteiger partial charge < -0.3 is 9.47 Å². The van der Waals surface area contributed by atoms with Crippen LogP contribution in [0.15, 0.2) is 42.5 Å². The lowest BCUT2D eigenvalue weighted by molar-refractivity contribution is -0.151. The fourth-order valence-corrected chi connectivity index (χ4v) is 5.43. The lowest BCUT2D eigenvalue weighted by atomic mass is 9.54. The van der Waals surface area contributed by atoms with Crippen LogP contribution >= 0.6 is 0 Å². The van der Waals surface area contributed by atoms with Gasteiger partial charge in [-0.3, -0.25) is 9.59 Å². The van der Waals surface area contributed by atoms with Gasteiger partial charge in [0.15, 0.2) is 11.9 Å². The number of benzene rings is 1. The molecule has 5 nitrogen and oxygen atoms in total. The lowest BCUT2D eigenvalue weighted by Gasteiger charge is -2.51. The van der Waals surface area contributed by atoms with Gasteiger partial charge in [-0.05, 0) is 43.7 Å². The van der Waals surface area contributed by atoms with Crippen molar-refractivity contribution in [3.63, 3.8) is 0 Å². The molecule has 0 aromatic heterocycles. The maximum atomic E-state index is 13.1. The van der Waals surface area contributed by atoms with Gasteiger partial charge in [0.25, 0.3) is 0 Å². The van der Waals surface area contributed by atoms with Gasteiger partial charge in [-0.25, -0.2) is 4.79 Å². The maximum Gasteiger partial charge on any atom is 0.338 e. The first-order chi connectivity index (χ1) is 12.8. The van der Waals surface area contributed by atoms with Crippen molar-refractivity contribution < 1.29 is 23.9 Å². The Morgan fingerprint density at radius 3 is 2.48 bits per heavy atom. The molecule has 0 aliphatic heterocycles. The minimum atomic E-state index is -0.818. The van der Waals surface area contributed by atoms with Crippen LogP contribution in [-0.4, -0.2) is 30.9 Å². The van der Waals surface area contributed by atoms with E-state index in [2.05, 4.69) is 0 Å². The summed E-state index contributed by atoms with van der Waals surface area (Å²) in [5, 5.41) is 0. The van der Waals surface area contributed by atoms with Crippen LogP contribution in [0, 0.1) is 28.6 Å². The molecule has 2 saturated carbocycles. The second-order valence-corrected chi connectivity index (χ2v) is 8.54. The quantitative estimate of drug-likeness (QED) is 0.605. The zero-order valence-electron chi connectivity index (χ0n) is 15.8. The van der Waals surface area contributed by atoms with Crippen molar-refractivity contribution in [3.8, 4) is 0 Å². The van der Waals surface area contributed by atoms with Crippen molar-refractivity contribution >= 4 is 17.7 Å². The molecule has 0 radical (unpaired) electrons. The number of methoxy groups -OCH3 is 1. The van der Waals surface area contributed by atoms with Crippen molar-refractivity contribution in [3.05, 3.63) is 48.0 Å². The Bertz CT molecular complexity index is 828. The smallest absolute Gasteiger partial charge is 0.338 e. The number of carbonyl (C=O) groups excluding carboxylic acids is 3. The summed E-state index contributed by atoms with van der Waals surface area (Å²) in [7, 11) is 1.40. The summed E-state index contributed by atoms with van der Waals surface area (Å²) in [6.45, 7) is 3.88. The predicted octanol–water partition coefficient (Wildman–Crippen LogP) is 3.19. The van der Waals surface area contributed by atoms with Crippen LogP contribution in [0.5, 0.6) is 0 Å². The molecule has 0 N–H and O–H groups in total.